The number of hydrogen-bond donors (Lipinski definition) is 2. The quantitative estimate of drug-likeness (QED) is 0.239. The molecule has 0 radical (unpaired) electrons. The lowest BCUT2D eigenvalue weighted by Crippen LogP contribution is -2.42. The summed E-state index contributed by atoms with van der Waals surface area (Å²) in [5.74, 6) is -0.739. The summed E-state index contributed by atoms with van der Waals surface area (Å²) in [6, 6.07) is 13.3. The molecule has 218 valence electrons. The summed E-state index contributed by atoms with van der Waals surface area (Å²) in [5.41, 5.74) is 10.1. The molecule has 0 saturated heterocycles. The van der Waals surface area contributed by atoms with Gasteiger partial charge in [-0.15, -0.1) is 0 Å². The molecule has 0 aliphatic rings. The molecule has 0 aliphatic heterocycles. The molecule has 12 nitrogen and oxygen atoms in total. The molecule has 1 amide bonds. The van der Waals surface area contributed by atoms with E-state index in [1.54, 1.807) is 51.4 Å². The molecule has 2 aromatic heterocycles. The van der Waals surface area contributed by atoms with Gasteiger partial charge in [0.1, 0.15) is 17.3 Å². The Morgan fingerprint density at radius 3 is 2.31 bits per heavy atom. The summed E-state index contributed by atoms with van der Waals surface area (Å²) < 4.78 is 15.2. The molecule has 3 N–H and O–H groups in total. The Hall–Kier alpha value is -5.13. The van der Waals surface area contributed by atoms with E-state index in [-0.39, 0.29) is 32.0 Å². The van der Waals surface area contributed by atoms with E-state index in [0.717, 1.165) is 16.9 Å². The summed E-state index contributed by atoms with van der Waals surface area (Å²) in [6.45, 7) is 3.74. The second-order valence-electron chi connectivity index (χ2n) is 9.18. The average Bonchev–Trinajstić information content (AvgIpc) is 2.99. The van der Waals surface area contributed by atoms with Crippen LogP contribution in [0.25, 0.3) is 22.4 Å². The summed E-state index contributed by atoms with van der Waals surface area (Å²) in [7, 11) is 1.60. The molecule has 2 heterocycles. The highest BCUT2D eigenvalue weighted by atomic mass is 16.5. The molecule has 0 unspecified atom stereocenters. The zero-order valence-electron chi connectivity index (χ0n) is 23.6. The van der Waals surface area contributed by atoms with Gasteiger partial charge in [-0.05, 0) is 62.2 Å². The van der Waals surface area contributed by atoms with Crippen LogP contribution in [-0.2, 0) is 25.5 Å². The minimum absolute atomic E-state index is 0.0321. The highest BCUT2D eigenvalue weighted by Gasteiger charge is 2.24. The Morgan fingerprint density at radius 1 is 0.929 bits per heavy atom. The number of nitrogens with one attached hydrogen (secondary N) is 1. The molecule has 1 atom stereocenters. The van der Waals surface area contributed by atoms with E-state index >= 15 is 0 Å². The molecule has 0 bridgehead atoms. The van der Waals surface area contributed by atoms with Crippen LogP contribution in [0.3, 0.4) is 0 Å². The Balaban J connectivity index is 1.51. The number of amides is 1. The first-order chi connectivity index (χ1) is 20.3. The largest absolute Gasteiger partial charge is 0.497 e. The highest BCUT2D eigenvalue weighted by molar-refractivity contribution is 5.97. The van der Waals surface area contributed by atoms with E-state index in [1.165, 1.54) is 0 Å². The number of aromatic nitrogens is 4. The summed E-state index contributed by atoms with van der Waals surface area (Å²) in [5, 5.41) is 2.66. The molecule has 42 heavy (non-hydrogen) atoms. The van der Waals surface area contributed by atoms with Crippen LogP contribution in [0.1, 0.15) is 48.3 Å². The van der Waals surface area contributed by atoms with E-state index in [1.807, 2.05) is 24.3 Å². The van der Waals surface area contributed by atoms with Crippen molar-refractivity contribution in [2.24, 2.45) is 0 Å². The van der Waals surface area contributed by atoms with Gasteiger partial charge in [-0.1, -0.05) is 12.1 Å². The number of nitrogen functional groups attached to an aromatic ring is 1. The smallest absolute Gasteiger partial charge is 0.328 e. The third-order valence-electron chi connectivity index (χ3n) is 6.29. The monoisotopic (exact) mass is 572 g/mol. The zero-order valence-corrected chi connectivity index (χ0v) is 23.6. The number of benzene rings is 2. The zero-order chi connectivity index (χ0) is 30.1. The Morgan fingerprint density at radius 2 is 1.64 bits per heavy atom. The first-order valence-electron chi connectivity index (χ1n) is 13.5. The van der Waals surface area contributed by atoms with E-state index in [4.69, 9.17) is 24.9 Å². The Labute approximate surface area is 242 Å². The lowest BCUT2D eigenvalue weighted by atomic mass is 10.1. The maximum atomic E-state index is 12.9. The van der Waals surface area contributed by atoms with Crippen LogP contribution in [0.4, 0.5) is 5.95 Å². The van der Waals surface area contributed by atoms with Crippen molar-refractivity contribution < 1.29 is 28.6 Å². The van der Waals surface area contributed by atoms with Gasteiger partial charge in [0.2, 0.25) is 5.95 Å². The van der Waals surface area contributed by atoms with Crippen LogP contribution in [0, 0.1) is 0 Å². The molecule has 0 aliphatic carbocycles. The summed E-state index contributed by atoms with van der Waals surface area (Å²) in [4.78, 5) is 54.9. The van der Waals surface area contributed by atoms with Gasteiger partial charge in [0, 0.05) is 24.0 Å². The van der Waals surface area contributed by atoms with Gasteiger partial charge < -0.3 is 25.3 Å². The number of fused-ring (bicyclic) bond motifs is 1. The predicted octanol–water partition coefficient (Wildman–Crippen LogP) is 3.27. The maximum Gasteiger partial charge on any atom is 0.328 e. The van der Waals surface area contributed by atoms with Crippen molar-refractivity contribution in [2.75, 3.05) is 26.1 Å². The fourth-order valence-electron chi connectivity index (χ4n) is 4.20. The minimum Gasteiger partial charge on any atom is -0.497 e. The van der Waals surface area contributed by atoms with Gasteiger partial charge in [-0.25, -0.2) is 19.7 Å². The van der Waals surface area contributed by atoms with Gasteiger partial charge >= 0.3 is 11.9 Å². The fraction of sp³-hybridized carbons (Fsp3) is 0.300. The predicted molar refractivity (Wildman–Crippen MR) is 155 cm³/mol. The molecule has 0 fully saturated rings. The van der Waals surface area contributed by atoms with Crippen LogP contribution in [0.5, 0.6) is 5.75 Å². The Kier molecular flexibility index (Phi) is 9.93. The van der Waals surface area contributed by atoms with Crippen LogP contribution in [0.2, 0.25) is 0 Å². The number of esters is 2. The molecule has 2 aromatic carbocycles. The van der Waals surface area contributed by atoms with E-state index in [9.17, 15) is 14.4 Å². The van der Waals surface area contributed by atoms with Crippen LogP contribution >= 0.6 is 0 Å². The molecular weight excluding hydrogens is 540 g/mol. The van der Waals surface area contributed by atoms with Gasteiger partial charge in [0.05, 0.1) is 37.9 Å². The Bertz CT molecular complexity index is 1560. The van der Waals surface area contributed by atoms with Crippen molar-refractivity contribution in [3.8, 4) is 17.0 Å². The van der Waals surface area contributed by atoms with E-state index in [0.29, 0.717) is 34.5 Å². The topological polar surface area (TPSA) is 169 Å². The van der Waals surface area contributed by atoms with Crippen LogP contribution in [-0.4, -0.2) is 64.1 Å². The standard InChI is InChI=1S/C30H32N6O6/c1-4-41-25(37)15-14-22(29(39)42-5-2)34-28(38)20-8-6-18(7-9-20)16-23-26-27(36-30(31)35-23)32-17-24(33-26)19-10-12-21(40-3)13-11-19/h6-13,17,22H,4-5,14-16H2,1-3H3,(H,34,38)(H2,31,32,35,36)/t22-/m0/s1. The fourth-order valence-corrected chi connectivity index (χ4v) is 4.20. The number of ether oxygens (including phenoxy) is 3. The molecule has 0 saturated carbocycles. The van der Waals surface area contributed by atoms with Crippen LogP contribution in [0.15, 0.2) is 54.7 Å². The lowest BCUT2D eigenvalue weighted by molar-refractivity contribution is -0.146. The van der Waals surface area contributed by atoms with Crippen molar-refractivity contribution >= 4 is 35.0 Å². The first-order valence-corrected chi connectivity index (χ1v) is 13.5. The maximum absolute atomic E-state index is 12.9. The highest BCUT2D eigenvalue weighted by Crippen LogP contribution is 2.24. The van der Waals surface area contributed by atoms with Gasteiger partial charge in [0.25, 0.3) is 5.91 Å². The third kappa shape index (κ3) is 7.53. The molecule has 4 rings (SSSR count). The molecule has 4 aromatic rings. The van der Waals surface area contributed by atoms with Crippen molar-refractivity contribution in [2.45, 2.75) is 39.2 Å². The lowest BCUT2D eigenvalue weighted by Gasteiger charge is -2.17. The number of carbonyl (C=O) groups is 3. The minimum atomic E-state index is -0.990. The number of nitrogens with two attached hydrogens (primary N) is 1. The number of methoxy groups -OCH3 is 1. The van der Waals surface area contributed by atoms with Crippen molar-refractivity contribution in [1.82, 2.24) is 25.3 Å². The van der Waals surface area contributed by atoms with Gasteiger partial charge in [-0.3, -0.25) is 9.59 Å². The van der Waals surface area contributed by atoms with Gasteiger partial charge in [-0.2, -0.15) is 4.98 Å². The second-order valence-corrected chi connectivity index (χ2v) is 9.18. The number of nitrogens with zero attached hydrogens (tertiary/aromatic N) is 4. The van der Waals surface area contributed by atoms with Gasteiger partial charge in [0.15, 0.2) is 5.65 Å². The van der Waals surface area contributed by atoms with Crippen molar-refractivity contribution in [3.63, 3.8) is 0 Å². The number of carbonyl (C=O) groups excluding carboxylic acids is 3. The third-order valence-corrected chi connectivity index (χ3v) is 6.29. The molecule has 12 heteroatoms. The number of anilines is 1. The molecule has 0 spiro atoms. The van der Waals surface area contributed by atoms with E-state index < -0.39 is 23.9 Å². The van der Waals surface area contributed by atoms with Crippen molar-refractivity contribution in [1.29, 1.82) is 0 Å². The SMILES string of the molecule is CCOC(=O)CC[C@H](NC(=O)c1ccc(Cc2nc(N)nc3ncc(-c4ccc(OC)cc4)nc23)cc1)C(=O)OCC. The van der Waals surface area contributed by atoms with Crippen LogP contribution < -0.4 is 15.8 Å². The normalized spacial score (nSPS) is 11.5. The number of hydrogen-bond acceptors (Lipinski definition) is 11. The summed E-state index contributed by atoms with van der Waals surface area (Å²) in [6.07, 6.45) is 2.01. The first kappa shape index (κ1) is 29.8. The van der Waals surface area contributed by atoms with E-state index in [2.05, 4.69) is 20.3 Å². The molecular formula is C30H32N6O6. The van der Waals surface area contributed by atoms with Crippen molar-refractivity contribution in [3.05, 3.63) is 71.5 Å². The average molecular weight is 573 g/mol. The number of rotatable bonds is 12. The summed E-state index contributed by atoms with van der Waals surface area (Å²) >= 11 is 0. The second kappa shape index (κ2) is 14.0.